The number of aromatic nitrogens is 1. The van der Waals surface area contributed by atoms with Crippen LogP contribution in [0, 0.1) is 12.7 Å². The predicted molar refractivity (Wildman–Crippen MR) is 63.3 cm³/mol. The monoisotopic (exact) mass is 219 g/mol. The molecular formula is C13H14FNO. The molecule has 0 radical (unpaired) electrons. The van der Waals surface area contributed by atoms with Crippen LogP contribution in [0.3, 0.4) is 0 Å². The average Bonchev–Trinajstić information content (AvgIpc) is 2.20. The van der Waals surface area contributed by atoms with Crippen molar-refractivity contribution < 1.29 is 4.39 Å². The smallest absolute Gasteiger partial charge is 0.256 e. The number of aryl methyl sites for hydroxylation is 2. The first-order chi connectivity index (χ1) is 7.61. The van der Waals surface area contributed by atoms with E-state index in [1.807, 2.05) is 13.0 Å². The van der Waals surface area contributed by atoms with E-state index in [0.717, 1.165) is 29.5 Å². The van der Waals surface area contributed by atoms with Crippen LogP contribution in [0.2, 0.25) is 0 Å². The Bertz CT molecular complexity index is 586. The van der Waals surface area contributed by atoms with Crippen molar-refractivity contribution in [2.24, 2.45) is 0 Å². The molecule has 3 heteroatoms. The highest BCUT2D eigenvalue weighted by molar-refractivity contribution is 5.85. The molecule has 0 fully saturated rings. The molecule has 2 nitrogen and oxygen atoms in total. The van der Waals surface area contributed by atoms with E-state index in [0.29, 0.717) is 5.39 Å². The number of pyridine rings is 1. The maximum atomic E-state index is 13.2. The molecule has 1 aromatic carbocycles. The van der Waals surface area contributed by atoms with E-state index in [-0.39, 0.29) is 11.4 Å². The zero-order valence-corrected chi connectivity index (χ0v) is 9.43. The third-order valence-corrected chi connectivity index (χ3v) is 2.71. The Morgan fingerprint density at radius 1 is 1.25 bits per heavy atom. The van der Waals surface area contributed by atoms with Crippen LogP contribution in [0.5, 0.6) is 0 Å². The van der Waals surface area contributed by atoms with E-state index >= 15 is 0 Å². The van der Waals surface area contributed by atoms with Gasteiger partial charge in [-0.1, -0.05) is 13.3 Å². The summed E-state index contributed by atoms with van der Waals surface area (Å²) in [6, 6.07) is 4.68. The summed E-state index contributed by atoms with van der Waals surface area (Å²) < 4.78 is 13.2. The predicted octanol–water partition coefficient (Wildman–Crippen LogP) is 2.93. The van der Waals surface area contributed by atoms with Gasteiger partial charge in [-0.15, -0.1) is 0 Å². The zero-order valence-electron chi connectivity index (χ0n) is 9.43. The number of aromatic amines is 1. The van der Waals surface area contributed by atoms with Gasteiger partial charge in [-0.2, -0.15) is 0 Å². The van der Waals surface area contributed by atoms with Gasteiger partial charge in [-0.05, 0) is 42.5 Å². The minimum atomic E-state index is -0.362. The lowest BCUT2D eigenvalue weighted by Crippen LogP contribution is -2.10. The lowest BCUT2D eigenvalue weighted by atomic mass is 10.0. The lowest BCUT2D eigenvalue weighted by molar-refractivity contribution is 0.628. The third kappa shape index (κ3) is 1.85. The van der Waals surface area contributed by atoms with E-state index in [1.54, 1.807) is 0 Å². The minimum absolute atomic E-state index is 0.205. The molecule has 0 aliphatic heterocycles. The van der Waals surface area contributed by atoms with Crippen LogP contribution in [-0.4, -0.2) is 4.98 Å². The molecule has 84 valence electrons. The summed E-state index contributed by atoms with van der Waals surface area (Å²) in [5.41, 5.74) is 1.51. The SMILES string of the molecule is CCCc1cc2c(C)cc(F)cc2c(=O)[nH]1. The van der Waals surface area contributed by atoms with Gasteiger partial charge in [0.15, 0.2) is 0 Å². The van der Waals surface area contributed by atoms with Crippen LogP contribution >= 0.6 is 0 Å². The molecule has 0 bridgehead atoms. The molecule has 16 heavy (non-hydrogen) atoms. The van der Waals surface area contributed by atoms with E-state index < -0.39 is 0 Å². The van der Waals surface area contributed by atoms with Crippen LogP contribution in [0.1, 0.15) is 24.6 Å². The summed E-state index contributed by atoms with van der Waals surface area (Å²) >= 11 is 0. The number of hydrogen-bond donors (Lipinski definition) is 1. The normalized spacial score (nSPS) is 10.9. The third-order valence-electron chi connectivity index (χ3n) is 2.71. The Kier molecular flexibility index (Phi) is 2.77. The van der Waals surface area contributed by atoms with Gasteiger partial charge in [0.05, 0.1) is 5.39 Å². The van der Waals surface area contributed by atoms with Crippen molar-refractivity contribution in [3.8, 4) is 0 Å². The molecule has 0 saturated heterocycles. The Morgan fingerprint density at radius 2 is 2.00 bits per heavy atom. The second-order valence-corrected chi connectivity index (χ2v) is 4.06. The van der Waals surface area contributed by atoms with E-state index in [1.165, 1.54) is 12.1 Å². The Morgan fingerprint density at radius 3 is 2.69 bits per heavy atom. The fourth-order valence-corrected chi connectivity index (χ4v) is 1.96. The maximum Gasteiger partial charge on any atom is 0.256 e. The summed E-state index contributed by atoms with van der Waals surface area (Å²) in [4.78, 5) is 14.5. The molecule has 0 unspecified atom stereocenters. The standard InChI is InChI=1S/C13H14FNO/c1-3-4-10-7-11-8(2)5-9(14)6-12(11)13(16)15-10/h5-7H,3-4H2,1-2H3,(H,15,16). The summed E-state index contributed by atoms with van der Waals surface area (Å²) in [5.74, 6) is -0.362. The van der Waals surface area contributed by atoms with Gasteiger partial charge in [0.1, 0.15) is 5.82 Å². The summed E-state index contributed by atoms with van der Waals surface area (Å²) in [6.45, 7) is 3.88. The van der Waals surface area contributed by atoms with Gasteiger partial charge in [0.2, 0.25) is 0 Å². The van der Waals surface area contributed by atoms with Crippen molar-refractivity contribution in [2.45, 2.75) is 26.7 Å². The minimum Gasteiger partial charge on any atom is -0.326 e. The Balaban J connectivity index is 2.77. The van der Waals surface area contributed by atoms with Gasteiger partial charge in [0.25, 0.3) is 5.56 Å². The van der Waals surface area contributed by atoms with Crippen molar-refractivity contribution in [1.29, 1.82) is 0 Å². The van der Waals surface area contributed by atoms with Gasteiger partial charge in [-0.25, -0.2) is 4.39 Å². The van der Waals surface area contributed by atoms with Crippen molar-refractivity contribution in [3.63, 3.8) is 0 Å². The molecule has 0 spiro atoms. The highest BCUT2D eigenvalue weighted by Crippen LogP contribution is 2.18. The highest BCUT2D eigenvalue weighted by atomic mass is 19.1. The van der Waals surface area contributed by atoms with Gasteiger partial charge < -0.3 is 4.98 Å². The van der Waals surface area contributed by atoms with Gasteiger partial charge in [0, 0.05) is 5.69 Å². The first-order valence-electron chi connectivity index (χ1n) is 5.44. The van der Waals surface area contributed by atoms with Gasteiger partial charge >= 0.3 is 0 Å². The number of rotatable bonds is 2. The molecular weight excluding hydrogens is 205 g/mol. The summed E-state index contributed by atoms with van der Waals surface area (Å²) in [5, 5.41) is 1.27. The highest BCUT2D eigenvalue weighted by Gasteiger charge is 2.06. The van der Waals surface area contributed by atoms with E-state index in [2.05, 4.69) is 11.9 Å². The second-order valence-electron chi connectivity index (χ2n) is 4.06. The molecule has 2 aromatic rings. The van der Waals surface area contributed by atoms with Crippen molar-refractivity contribution >= 4 is 10.8 Å². The first kappa shape index (κ1) is 10.9. The molecule has 0 saturated carbocycles. The average molecular weight is 219 g/mol. The van der Waals surface area contributed by atoms with Crippen molar-refractivity contribution in [3.05, 3.63) is 45.6 Å². The maximum absolute atomic E-state index is 13.2. The molecule has 0 aliphatic rings. The molecule has 1 N–H and O–H groups in total. The Labute approximate surface area is 93.1 Å². The summed E-state index contributed by atoms with van der Waals surface area (Å²) in [7, 11) is 0. The van der Waals surface area contributed by atoms with Crippen LogP contribution in [-0.2, 0) is 6.42 Å². The lowest BCUT2D eigenvalue weighted by Gasteiger charge is -2.05. The molecule has 0 atom stereocenters. The van der Waals surface area contributed by atoms with Crippen LogP contribution < -0.4 is 5.56 Å². The van der Waals surface area contributed by atoms with Crippen molar-refractivity contribution in [1.82, 2.24) is 4.98 Å². The molecule has 0 aliphatic carbocycles. The Hall–Kier alpha value is -1.64. The molecule has 0 amide bonds. The largest absolute Gasteiger partial charge is 0.326 e. The zero-order chi connectivity index (χ0) is 11.7. The van der Waals surface area contributed by atoms with E-state index in [9.17, 15) is 9.18 Å². The van der Waals surface area contributed by atoms with E-state index in [4.69, 9.17) is 0 Å². The number of nitrogens with one attached hydrogen (secondary N) is 1. The topological polar surface area (TPSA) is 32.9 Å². The first-order valence-corrected chi connectivity index (χ1v) is 5.44. The van der Waals surface area contributed by atoms with Crippen LogP contribution in [0.4, 0.5) is 4.39 Å². The van der Waals surface area contributed by atoms with Crippen LogP contribution in [0.25, 0.3) is 10.8 Å². The quantitative estimate of drug-likeness (QED) is 0.827. The fourth-order valence-electron chi connectivity index (χ4n) is 1.96. The number of H-pyrrole nitrogens is 1. The van der Waals surface area contributed by atoms with Gasteiger partial charge in [-0.3, -0.25) is 4.79 Å². The molecule has 2 rings (SSSR count). The number of fused-ring (bicyclic) bond motifs is 1. The fraction of sp³-hybridized carbons (Fsp3) is 0.308. The molecule has 1 aromatic heterocycles. The second kappa shape index (κ2) is 4.08. The molecule has 1 heterocycles. The number of benzene rings is 1. The van der Waals surface area contributed by atoms with Crippen molar-refractivity contribution in [2.75, 3.05) is 0 Å². The number of hydrogen-bond acceptors (Lipinski definition) is 1. The summed E-state index contributed by atoms with van der Waals surface area (Å²) in [6.07, 6.45) is 1.81. The number of halogens is 1. The van der Waals surface area contributed by atoms with Crippen LogP contribution in [0.15, 0.2) is 23.0 Å².